The van der Waals surface area contributed by atoms with Crippen LogP contribution in [-0.4, -0.2) is 17.1 Å². The molecule has 80 valence electrons. The van der Waals surface area contributed by atoms with Crippen molar-refractivity contribution in [3.05, 3.63) is 34.3 Å². The number of hydrogen-bond acceptors (Lipinski definition) is 2. The number of nitrogens with one attached hydrogen (secondary N) is 1. The average Bonchev–Trinajstić information content (AvgIpc) is 2.99. The lowest BCUT2D eigenvalue weighted by molar-refractivity contribution is -0.139. The van der Waals surface area contributed by atoms with Crippen LogP contribution in [0.3, 0.4) is 0 Å². The smallest absolute Gasteiger partial charge is 0.325 e. The molecule has 1 unspecified atom stereocenters. The molecule has 1 atom stereocenters. The standard InChI is InChI=1S/C11H12BrNO2/c12-8-3-1-7(2-4-8)10(11(14)15)13-9-5-6-9/h1-4,9-10,13H,5-6H2,(H,14,15). The van der Waals surface area contributed by atoms with Gasteiger partial charge in [0.1, 0.15) is 6.04 Å². The van der Waals surface area contributed by atoms with Gasteiger partial charge >= 0.3 is 5.97 Å². The van der Waals surface area contributed by atoms with Crippen LogP contribution in [0.25, 0.3) is 0 Å². The van der Waals surface area contributed by atoms with Gasteiger partial charge in [-0.1, -0.05) is 28.1 Å². The van der Waals surface area contributed by atoms with Gasteiger partial charge in [0, 0.05) is 10.5 Å². The third kappa shape index (κ3) is 2.79. The van der Waals surface area contributed by atoms with E-state index in [2.05, 4.69) is 21.2 Å². The summed E-state index contributed by atoms with van der Waals surface area (Å²) < 4.78 is 0.960. The van der Waals surface area contributed by atoms with Crippen LogP contribution in [0.5, 0.6) is 0 Å². The normalized spacial score (nSPS) is 17.4. The van der Waals surface area contributed by atoms with Gasteiger partial charge in [-0.15, -0.1) is 0 Å². The van der Waals surface area contributed by atoms with Crippen LogP contribution >= 0.6 is 15.9 Å². The minimum Gasteiger partial charge on any atom is -0.480 e. The molecule has 1 aromatic carbocycles. The first-order chi connectivity index (χ1) is 7.16. The monoisotopic (exact) mass is 269 g/mol. The van der Waals surface area contributed by atoms with Gasteiger partial charge in [-0.25, -0.2) is 0 Å². The fourth-order valence-corrected chi connectivity index (χ4v) is 1.72. The lowest BCUT2D eigenvalue weighted by Gasteiger charge is -2.14. The number of benzene rings is 1. The van der Waals surface area contributed by atoms with Gasteiger partial charge in [-0.2, -0.15) is 0 Å². The van der Waals surface area contributed by atoms with E-state index >= 15 is 0 Å². The zero-order valence-corrected chi connectivity index (χ0v) is 9.70. The topological polar surface area (TPSA) is 49.3 Å². The van der Waals surface area contributed by atoms with E-state index in [1.807, 2.05) is 24.3 Å². The van der Waals surface area contributed by atoms with E-state index in [-0.39, 0.29) is 0 Å². The summed E-state index contributed by atoms with van der Waals surface area (Å²) in [5, 5.41) is 12.2. The molecule has 0 heterocycles. The van der Waals surface area contributed by atoms with Gasteiger partial charge in [0.05, 0.1) is 0 Å². The maximum absolute atomic E-state index is 11.1. The number of hydrogen-bond donors (Lipinski definition) is 2. The summed E-state index contributed by atoms with van der Waals surface area (Å²) in [6.07, 6.45) is 2.17. The summed E-state index contributed by atoms with van der Waals surface area (Å²) >= 11 is 3.33. The van der Waals surface area contributed by atoms with Gasteiger partial charge in [-0.3, -0.25) is 10.1 Å². The number of aliphatic carboxylic acids is 1. The van der Waals surface area contributed by atoms with Crippen molar-refractivity contribution >= 4 is 21.9 Å². The molecule has 4 heteroatoms. The second-order valence-corrected chi connectivity index (χ2v) is 4.68. The zero-order chi connectivity index (χ0) is 10.8. The molecule has 0 saturated heterocycles. The SMILES string of the molecule is O=C(O)C(NC1CC1)c1ccc(Br)cc1. The molecule has 1 aromatic rings. The Kier molecular flexibility index (Phi) is 3.07. The molecule has 0 bridgehead atoms. The van der Waals surface area contributed by atoms with Gasteiger partial charge < -0.3 is 5.11 Å². The molecule has 1 aliphatic rings. The summed E-state index contributed by atoms with van der Waals surface area (Å²) in [5.41, 5.74) is 0.803. The molecule has 1 saturated carbocycles. The lowest BCUT2D eigenvalue weighted by atomic mass is 10.1. The predicted octanol–water partition coefficient (Wildman–Crippen LogP) is 2.33. The van der Waals surface area contributed by atoms with Crippen LogP contribution < -0.4 is 5.32 Å². The first kappa shape index (κ1) is 10.6. The largest absolute Gasteiger partial charge is 0.480 e. The highest BCUT2D eigenvalue weighted by Gasteiger charge is 2.29. The van der Waals surface area contributed by atoms with Crippen LogP contribution in [0.15, 0.2) is 28.7 Å². The van der Waals surface area contributed by atoms with Crippen LogP contribution in [-0.2, 0) is 4.79 Å². The van der Waals surface area contributed by atoms with E-state index in [0.717, 1.165) is 22.9 Å². The Morgan fingerprint density at radius 3 is 2.47 bits per heavy atom. The summed E-state index contributed by atoms with van der Waals surface area (Å²) in [5.74, 6) is -0.816. The Morgan fingerprint density at radius 2 is 2.00 bits per heavy atom. The van der Waals surface area contributed by atoms with Crippen molar-refractivity contribution < 1.29 is 9.90 Å². The Bertz CT molecular complexity index is 359. The fraction of sp³-hybridized carbons (Fsp3) is 0.364. The van der Waals surface area contributed by atoms with E-state index in [1.165, 1.54) is 0 Å². The maximum atomic E-state index is 11.1. The number of carboxylic acid groups (broad SMARTS) is 1. The highest BCUT2D eigenvalue weighted by Crippen LogP contribution is 2.25. The van der Waals surface area contributed by atoms with Gasteiger partial charge in [-0.05, 0) is 30.5 Å². The van der Waals surface area contributed by atoms with E-state index in [4.69, 9.17) is 5.11 Å². The van der Waals surface area contributed by atoms with Crippen molar-refractivity contribution in [2.75, 3.05) is 0 Å². The van der Waals surface area contributed by atoms with E-state index in [0.29, 0.717) is 6.04 Å². The highest BCUT2D eigenvalue weighted by molar-refractivity contribution is 9.10. The maximum Gasteiger partial charge on any atom is 0.325 e. The lowest BCUT2D eigenvalue weighted by Crippen LogP contribution is -2.30. The van der Waals surface area contributed by atoms with Gasteiger partial charge in [0.2, 0.25) is 0 Å². The molecule has 2 N–H and O–H groups in total. The molecule has 1 fully saturated rings. The Hall–Kier alpha value is -0.870. The number of carbonyl (C=O) groups is 1. The minimum absolute atomic E-state index is 0.384. The molecule has 15 heavy (non-hydrogen) atoms. The summed E-state index contributed by atoms with van der Waals surface area (Å²) in [4.78, 5) is 11.1. The number of carboxylic acids is 1. The first-order valence-corrected chi connectivity index (χ1v) is 5.70. The second-order valence-electron chi connectivity index (χ2n) is 3.76. The molecule has 0 amide bonds. The van der Waals surface area contributed by atoms with Gasteiger partial charge in [0.15, 0.2) is 0 Å². The van der Waals surface area contributed by atoms with E-state index in [9.17, 15) is 4.79 Å². The summed E-state index contributed by atoms with van der Waals surface area (Å²) in [7, 11) is 0. The molecule has 0 aromatic heterocycles. The second kappa shape index (κ2) is 4.33. The van der Waals surface area contributed by atoms with Crippen molar-refractivity contribution in [1.29, 1.82) is 0 Å². The van der Waals surface area contributed by atoms with E-state index in [1.54, 1.807) is 0 Å². The van der Waals surface area contributed by atoms with Crippen LogP contribution in [0.4, 0.5) is 0 Å². The Morgan fingerprint density at radius 1 is 1.40 bits per heavy atom. The predicted molar refractivity (Wildman–Crippen MR) is 60.7 cm³/mol. The molecule has 0 radical (unpaired) electrons. The van der Waals surface area contributed by atoms with Gasteiger partial charge in [0.25, 0.3) is 0 Å². The molecule has 1 aliphatic carbocycles. The van der Waals surface area contributed by atoms with Crippen molar-refractivity contribution in [2.45, 2.75) is 24.9 Å². The average molecular weight is 270 g/mol. The first-order valence-electron chi connectivity index (χ1n) is 4.91. The fourth-order valence-electron chi connectivity index (χ4n) is 1.45. The van der Waals surface area contributed by atoms with Crippen molar-refractivity contribution in [1.82, 2.24) is 5.32 Å². The van der Waals surface area contributed by atoms with Crippen LogP contribution in [0.2, 0.25) is 0 Å². The number of halogens is 1. The third-order valence-corrected chi connectivity index (χ3v) is 2.96. The minimum atomic E-state index is -0.816. The van der Waals surface area contributed by atoms with Crippen molar-refractivity contribution in [3.63, 3.8) is 0 Å². The molecule has 0 spiro atoms. The quantitative estimate of drug-likeness (QED) is 0.882. The van der Waals surface area contributed by atoms with Crippen molar-refractivity contribution in [3.8, 4) is 0 Å². The Balaban J connectivity index is 2.15. The Labute approximate surface area is 96.6 Å². The molecular formula is C11H12BrNO2. The summed E-state index contributed by atoms with van der Waals surface area (Å²) in [6, 6.07) is 7.19. The molecule has 0 aliphatic heterocycles. The number of rotatable bonds is 4. The van der Waals surface area contributed by atoms with Crippen LogP contribution in [0, 0.1) is 0 Å². The van der Waals surface area contributed by atoms with E-state index < -0.39 is 12.0 Å². The molecular weight excluding hydrogens is 258 g/mol. The summed E-state index contributed by atoms with van der Waals surface area (Å²) in [6.45, 7) is 0. The highest BCUT2D eigenvalue weighted by atomic mass is 79.9. The van der Waals surface area contributed by atoms with Crippen LogP contribution in [0.1, 0.15) is 24.4 Å². The van der Waals surface area contributed by atoms with Crippen molar-refractivity contribution in [2.24, 2.45) is 0 Å². The third-order valence-electron chi connectivity index (χ3n) is 2.43. The zero-order valence-electron chi connectivity index (χ0n) is 8.11. The molecule has 2 rings (SSSR count). The molecule has 3 nitrogen and oxygen atoms in total.